The Bertz CT molecular complexity index is 1470. The molecule has 11 heteroatoms. The molecule has 1 N–H and O–H groups in total. The summed E-state index contributed by atoms with van der Waals surface area (Å²) in [5, 5.41) is 8.89. The summed E-state index contributed by atoms with van der Waals surface area (Å²) >= 11 is 0. The molecule has 0 unspecified atom stereocenters. The number of aromatic amines is 1. The number of carbonyl (C=O) groups is 1. The third-order valence-corrected chi connectivity index (χ3v) is 5.79. The average molecular weight is 500 g/mol. The standard InChI is InChI=1S/C25H17F5N4O2/c26-19-20(27)22(29)24(23(30)21(19)28)36-25(35)18-12-13-11-15(5-8-17(13)31-18)33-32-14-3-6-16(7-4-14)34-9-1-2-10-34/h3-8,11-12,31H,1-2,9-10H2/b33-32+. The number of rotatable bonds is 5. The molecule has 36 heavy (non-hydrogen) atoms. The molecular weight excluding hydrogens is 483 g/mol. The number of H-pyrrole nitrogens is 1. The lowest BCUT2D eigenvalue weighted by molar-refractivity contribution is 0.0711. The molecule has 184 valence electrons. The summed E-state index contributed by atoms with van der Waals surface area (Å²) in [6.07, 6.45) is 2.36. The molecule has 1 aliphatic heterocycles. The number of fused-ring (bicyclic) bond motifs is 1. The quantitative estimate of drug-likeness (QED) is 0.0794. The SMILES string of the molecule is O=C(Oc1c(F)c(F)c(F)c(F)c1F)c1cc2cc(/N=N/c3ccc(N4CCCC4)cc3)ccc2[nH]1. The van der Waals surface area contributed by atoms with Crippen LogP contribution in [-0.2, 0) is 0 Å². The molecule has 0 radical (unpaired) electrons. The summed E-state index contributed by atoms with van der Waals surface area (Å²) in [5.41, 5.74) is 2.43. The summed E-state index contributed by atoms with van der Waals surface area (Å²) in [4.78, 5) is 17.3. The van der Waals surface area contributed by atoms with Gasteiger partial charge in [0.15, 0.2) is 0 Å². The second-order valence-corrected chi connectivity index (χ2v) is 8.15. The van der Waals surface area contributed by atoms with Gasteiger partial charge in [0.2, 0.25) is 34.8 Å². The largest absolute Gasteiger partial charge is 0.415 e. The molecule has 0 spiro atoms. The van der Waals surface area contributed by atoms with Crippen LogP contribution in [0.5, 0.6) is 5.75 Å². The van der Waals surface area contributed by atoms with Crippen LogP contribution in [0.4, 0.5) is 39.0 Å². The molecule has 2 heterocycles. The van der Waals surface area contributed by atoms with E-state index in [9.17, 15) is 26.7 Å². The Morgan fingerprint density at radius 1 is 0.778 bits per heavy atom. The van der Waals surface area contributed by atoms with Crippen molar-refractivity contribution in [3.05, 3.63) is 83.3 Å². The highest BCUT2D eigenvalue weighted by molar-refractivity contribution is 5.96. The number of hydrogen-bond acceptors (Lipinski definition) is 5. The maximum atomic E-state index is 13.8. The summed E-state index contributed by atoms with van der Waals surface area (Å²) < 4.78 is 72.1. The van der Waals surface area contributed by atoms with Crippen LogP contribution in [0.1, 0.15) is 23.3 Å². The molecule has 6 nitrogen and oxygen atoms in total. The van der Waals surface area contributed by atoms with Gasteiger partial charge < -0.3 is 14.6 Å². The van der Waals surface area contributed by atoms with E-state index in [0.717, 1.165) is 18.8 Å². The molecule has 1 saturated heterocycles. The molecule has 0 atom stereocenters. The first-order valence-corrected chi connectivity index (χ1v) is 10.9. The minimum atomic E-state index is -2.35. The minimum absolute atomic E-state index is 0.263. The van der Waals surface area contributed by atoms with Crippen molar-refractivity contribution in [1.82, 2.24) is 4.98 Å². The van der Waals surface area contributed by atoms with Crippen molar-refractivity contribution in [2.75, 3.05) is 18.0 Å². The van der Waals surface area contributed by atoms with Crippen molar-refractivity contribution in [1.29, 1.82) is 0 Å². The highest BCUT2D eigenvalue weighted by atomic mass is 19.2. The molecule has 1 aromatic heterocycles. The minimum Gasteiger partial charge on any atom is -0.415 e. The van der Waals surface area contributed by atoms with E-state index in [2.05, 4.69) is 24.8 Å². The van der Waals surface area contributed by atoms with E-state index in [1.54, 1.807) is 18.2 Å². The second-order valence-electron chi connectivity index (χ2n) is 8.15. The number of azo groups is 1. The average Bonchev–Trinajstić information content (AvgIpc) is 3.58. The van der Waals surface area contributed by atoms with Gasteiger partial charge in [-0.15, -0.1) is 0 Å². The van der Waals surface area contributed by atoms with E-state index in [0.29, 0.717) is 22.3 Å². The monoisotopic (exact) mass is 500 g/mol. The Labute approximate surface area is 201 Å². The fraction of sp³-hybridized carbons (Fsp3) is 0.160. The molecule has 5 rings (SSSR count). The summed E-state index contributed by atoms with van der Waals surface area (Å²) in [6, 6.07) is 13.8. The lowest BCUT2D eigenvalue weighted by Crippen LogP contribution is -2.17. The summed E-state index contributed by atoms with van der Waals surface area (Å²) in [5.74, 6) is -14.3. The van der Waals surface area contributed by atoms with Crippen molar-refractivity contribution in [3.8, 4) is 5.75 Å². The molecular formula is C25H17F5N4O2. The Balaban J connectivity index is 1.33. The summed E-state index contributed by atoms with van der Waals surface area (Å²) in [6.45, 7) is 2.07. The highest BCUT2D eigenvalue weighted by Gasteiger charge is 2.29. The number of nitrogens with zero attached hydrogens (tertiary/aromatic N) is 3. The third kappa shape index (κ3) is 4.39. The van der Waals surface area contributed by atoms with Gasteiger partial charge in [0.1, 0.15) is 5.69 Å². The zero-order chi connectivity index (χ0) is 25.4. The van der Waals surface area contributed by atoms with Gasteiger partial charge in [0.05, 0.1) is 11.4 Å². The smallest absolute Gasteiger partial charge is 0.360 e. The molecule has 3 aromatic carbocycles. The Kier molecular flexibility index (Phi) is 6.13. The zero-order valence-electron chi connectivity index (χ0n) is 18.5. The van der Waals surface area contributed by atoms with Gasteiger partial charge >= 0.3 is 5.97 Å². The van der Waals surface area contributed by atoms with Crippen LogP contribution in [0.2, 0.25) is 0 Å². The number of benzene rings is 3. The maximum absolute atomic E-state index is 13.8. The van der Waals surface area contributed by atoms with E-state index in [-0.39, 0.29) is 5.69 Å². The molecule has 1 aliphatic rings. The number of halogens is 5. The predicted molar refractivity (Wildman–Crippen MR) is 122 cm³/mol. The van der Waals surface area contributed by atoms with Gasteiger partial charge in [-0.05, 0) is 61.4 Å². The van der Waals surface area contributed by atoms with Crippen LogP contribution >= 0.6 is 0 Å². The molecule has 0 amide bonds. The van der Waals surface area contributed by atoms with Crippen molar-refractivity contribution in [2.24, 2.45) is 10.2 Å². The molecule has 0 saturated carbocycles. The molecule has 4 aromatic rings. The van der Waals surface area contributed by atoms with E-state index < -0.39 is 40.8 Å². The fourth-order valence-corrected chi connectivity index (χ4v) is 3.94. The lowest BCUT2D eigenvalue weighted by Gasteiger charge is -2.17. The first kappa shape index (κ1) is 23.5. The second kappa shape index (κ2) is 9.40. The number of carbonyl (C=O) groups excluding carboxylic acids is 1. The first-order chi connectivity index (χ1) is 17.3. The molecule has 1 fully saturated rings. The van der Waals surface area contributed by atoms with Crippen molar-refractivity contribution < 1.29 is 31.5 Å². The lowest BCUT2D eigenvalue weighted by atomic mass is 10.2. The maximum Gasteiger partial charge on any atom is 0.360 e. The van der Waals surface area contributed by atoms with Crippen LogP contribution in [0.15, 0.2) is 58.8 Å². The van der Waals surface area contributed by atoms with Crippen LogP contribution in [0.3, 0.4) is 0 Å². The number of ether oxygens (including phenoxy) is 1. The van der Waals surface area contributed by atoms with Crippen molar-refractivity contribution in [3.63, 3.8) is 0 Å². The van der Waals surface area contributed by atoms with E-state index in [4.69, 9.17) is 0 Å². The number of nitrogens with one attached hydrogen (secondary N) is 1. The predicted octanol–water partition coefficient (Wildman–Crippen LogP) is 7.10. The van der Waals surface area contributed by atoms with Crippen LogP contribution in [0, 0.1) is 29.1 Å². The van der Waals surface area contributed by atoms with E-state index in [1.165, 1.54) is 18.9 Å². The van der Waals surface area contributed by atoms with Crippen LogP contribution in [-0.4, -0.2) is 24.0 Å². The Morgan fingerprint density at radius 3 is 2.03 bits per heavy atom. The van der Waals surface area contributed by atoms with Gasteiger partial charge in [-0.2, -0.15) is 19.0 Å². The Hall–Kier alpha value is -4.28. The van der Waals surface area contributed by atoms with Crippen LogP contribution < -0.4 is 9.64 Å². The van der Waals surface area contributed by atoms with Gasteiger partial charge in [-0.3, -0.25) is 0 Å². The molecule has 0 bridgehead atoms. The van der Waals surface area contributed by atoms with E-state index in [1.807, 2.05) is 24.3 Å². The molecule has 0 aliphatic carbocycles. The van der Waals surface area contributed by atoms with Gasteiger partial charge in [0.25, 0.3) is 0 Å². The van der Waals surface area contributed by atoms with Gasteiger partial charge in [0, 0.05) is 29.7 Å². The van der Waals surface area contributed by atoms with Gasteiger partial charge in [-0.25, -0.2) is 18.0 Å². The number of anilines is 1. The normalized spacial score (nSPS) is 13.8. The highest BCUT2D eigenvalue weighted by Crippen LogP contribution is 2.31. The Morgan fingerprint density at radius 2 is 1.36 bits per heavy atom. The first-order valence-electron chi connectivity index (χ1n) is 10.9. The third-order valence-electron chi connectivity index (χ3n) is 5.79. The zero-order valence-corrected chi connectivity index (χ0v) is 18.5. The van der Waals surface area contributed by atoms with E-state index >= 15 is 0 Å². The number of aromatic nitrogens is 1. The topological polar surface area (TPSA) is 70.0 Å². The van der Waals surface area contributed by atoms with Crippen molar-refractivity contribution in [2.45, 2.75) is 12.8 Å². The number of esters is 1. The van der Waals surface area contributed by atoms with Crippen molar-refractivity contribution >= 4 is 33.9 Å². The van der Waals surface area contributed by atoms with Crippen LogP contribution in [0.25, 0.3) is 10.9 Å². The fourth-order valence-electron chi connectivity index (χ4n) is 3.94. The summed E-state index contributed by atoms with van der Waals surface area (Å²) in [7, 11) is 0. The van der Waals surface area contributed by atoms with Gasteiger partial charge in [-0.1, -0.05) is 0 Å². The number of hydrogen-bond donors (Lipinski definition) is 1.